The normalized spacial score (nSPS) is 20.9. The molecule has 0 aliphatic carbocycles. The molecule has 8 nitrogen and oxygen atoms in total. The first-order valence-electron chi connectivity index (χ1n) is 13.1. The standard InChI is InChI=1S/C30H38N4O4S/c1-30(31)19-23-10-8-9-22(15-23)13-14-28(25-11-6-5-7-12-25)32-29(35)26-16-24(20-38-21-30)17-27(18-26)34(4)39(36,37)33(2)3/h5-12,15-18,28H,13-14,19-21,31H2,1-4H3,(H,32,35). The fraction of sp³-hybridized carbons (Fsp3) is 0.367. The van der Waals surface area contributed by atoms with Crippen molar-refractivity contribution < 1.29 is 17.9 Å². The molecular formula is C30H38N4O4S. The fourth-order valence-corrected chi connectivity index (χ4v) is 5.68. The molecule has 1 amide bonds. The number of hydrogen-bond donors (Lipinski definition) is 2. The van der Waals surface area contributed by atoms with Gasteiger partial charge < -0.3 is 15.8 Å². The van der Waals surface area contributed by atoms with Crippen LogP contribution >= 0.6 is 0 Å². The average Bonchev–Trinajstić information content (AvgIpc) is 2.90. The molecule has 3 aromatic rings. The van der Waals surface area contributed by atoms with Crippen molar-refractivity contribution in [1.82, 2.24) is 9.62 Å². The Morgan fingerprint density at radius 1 is 0.949 bits per heavy atom. The third-order valence-corrected chi connectivity index (χ3v) is 8.77. The molecule has 4 rings (SSSR count). The van der Waals surface area contributed by atoms with Crippen LogP contribution in [0.4, 0.5) is 5.69 Å². The fourth-order valence-electron chi connectivity index (χ4n) is 4.82. The molecule has 0 spiro atoms. The van der Waals surface area contributed by atoms with Gasteiger partial charge in [0.2, 0.25) is 0 Å². The Hall–Kier alpha value is -3.24. The zero-order valence-corrected chi connectivity index (χ0v) is 23.9. The minimum absolute atomic E-state index is 0.179. The Morgan fingerprint density at radius 3 is 2.38 bits per heavy atom. The molecule has 0 radical (unpaired) electrons. The number of hydrogen-bond acceptors (Lipinski definition) is 5. The van der Waals surface area contributed by atoms with Crippen molar-refractivity contribution in [3.63, 3.8) is 0 Å². The Kier molecular flexibility index (Phi) is 8.76. The van der Waals surface area contributed by atoms with Crippen LogP contribution in [0.25, 0.3) is 0 Å². The maximum Gasteiger partial charge on any atom is 0.303 e. The van der Waals surface area contributed by atoms with Gasteiger partial charge in [0.05, 0.1) is 24.9 Å². The summed E-state index contributed by atoms with van der Waals surface area (Å²) < 4.78 is 34.1. The molecule has 9 heteroatoms. The monoisotopic (exact) mass is 550 g/mol. The van der Waals surface area contributed by atoms with E-state index in [2.05, 4.69) is 23.5 Å². The summed E-state index contributed by atoms with van der Waals surface area (Å²) in [6.07, 6.45) is 2.11. The van der Waals surface area contributed by atoms with Crippen LogP contribution in [-0.4, -0.2) is 51.9 Å². The minimum atomic E-state index is -3.76. The minimum Gasteiger partial charge on any atom is -0.375 e. The van der Waals surface area contributed by atoms with E-state index in [-0.39, 0.29) is 18.6 Å². The van der Waals surface area contributed by atoms with Crippen LogP contribution in [0.5, 0.6) is 0 Å². The highest BCUT2D eigenvalue weighted by Crippen LogP contribution is 2.26. The lowest BCUT2D eigenvalue weighted by Crippen LogP contribution is -2.43. The van der Waals surface area contributed by atoms with Gasteiger partial charge in [0, 0.05) is 32.2 Å². The molecule has 1 heterocycles. The van der Waals surface area contributed by atoms with Crippen LogP contribution in [0.2, 0.25) is 0 Å². The summed E-state index contributed by atoms with van der Waals surface area (Å²) in [5, 5.41) is 3.19. The predicted octanol–water partition coefficient (Wildman–Crippen LogP) is 3.82. The number of carbonyl (C=O) groups excluding carboxylic acids is 1. The van der Waals surface area contributed by atoms with Crippen LogP contribution in [0.3, 0.4) is 0 Å². The van der Waals surface area contributed by atoms with Crippen molar-refractivity contribution in [2.45, 2.75) is 44.4 Å². The molecule has 208 valence electrons. The summed E-state index contributed by atoms with van der Waals surface area (Å²) in [7, 11) is 0.653. The van der Waals surface area contributed by atoms with Crippen molar-refractivity contribution >= 4 is 21.8 Å². The number of carbonyl (C=O) groups is 1. The highest BCUT2D eigenvalue weighted by molar-refractivity contribution is 7.90. The molecule has 2 unspecified atom stereocenters. The number of nitrogens with one attached hydrogen (secondary N) is 1. The van der Waals surface area contributed by atoms with Gasteiger partial charge in [-0.2, -0.15) is 12.7 Å². The van der Waals surface area contributed by atoms with E-state index < -0.39 is 15.7 Å². The first-order valence-corrected chi connectivity index (χ1v) is 14.4. The first kappa shape index (κ1) is 28.8. The molecule has 0 saturated carbocycles. The molecule has 4 bridgehead atoms. The number of amides is 1. The van der Waals surface area contributed by atoms with Crippen LogP contribution in [0.1, 0.15) is 52.0 Å². The second-order valence-corrected chi connectivity index (χ2v) is 12.9. The third kappa shape index (κ3) is 7.24. The van der Waals surface area contributed by atoms with Crippen molar-refractivity contribution in [3.05, 3.63) is 101 Å². The quantitative estimate of drug-likeness (QED) is 0.514. The topological polar surface area (TPSA) is 105 Å². The first-order chi connectivity index (χ1) is 18.4. The third-order valence-electron chi connectivity index (χ3n) is 6.94. The van der Waals surface area contributed by atoms with Crippen molar-refractivity contribution in [2.75, 3.05) is 32.1 Å². The van der Waals surface area contributed by atoms with E-state index in [1.807, 2.05) is 43.3 Å². The Morgan fingerprint density at radius 2 is 1.67 bits per heavy atom. The molecule has 3 N–H and O–H groups in total. The zero-order valence-electron chi connectivity index (χ0n) is 23.1. The van der Waals surface area contributed by atoms with Gasteiger partial charge in [-0.15, -0.1) is 0 Å². The highest BCUT2D eigenvalue weighted by atomic mass is 32.2. The van der Waals surface area contributed by atoms with Gasteiger partial charge in [-0.3, -0.25) is 9.10 Å². The Labute approximate surface area is 231 Å². The van der Waals surface area contributed by atoms with E-state index in [9.17, 15) is 13.2 Å². The SMILES string of the molecule is CN(C)S(=O)(=O)N(C)c1cc2cc(c1)C(=O)NC(c1ccccc1)CCc1cccc(c1)CC(C)(N)COC2. The van der Waals surface area contributed by atoms with E-state index in [1.165, 1.54) is 31.0 Å². The van der Waals surface area contributed by atoms with E-state index in [0.717, 1.165) is 21.9 Å². The molecular weight excluding hydrogens is 512 g/mol. The second-order valence-electron chi connectivity index (χ2n) is 10.8. The van der Waals surface area contributed by atoms with Gasteiger partial charge >= 0.3 is 10.2 Å². The molecule has 3 aromatic carbocycles. The maximum atomic E-state index is 13.6. The van der Waals surface area contributed by atoms with Gasteiger partial charge in [-0.1, -0.05) is 54.6 Å². The van der Waals surface area contributed by atoms with Crippen LogP contribution in [0, 0.1) is 0 Å². The lowest BCUT2D eigenvalue weighted by atomic mass is 9.92. The molecule has 0 fully saturated rings. The second kappa shape index (κ2) is 11.9. The zero-order chi connectivity index (χ0) is 28.2. The van der Waals surface area contributed by atoms with Gasteiger partial charge in [0.15, 0.2) is 0 Å². The van der Waals surface area contributed by atoms with E-state index in [4.69, 9.17) is 10.5 Å². The van der Waals surface area contributed by atoms with Crippen molar-refractivity contribution in [3.8, 4) is 0 Å². The van der Waals surface area contributed by atoms with E-state index >= 15 is 0 Å². The number of rotatable bonds is 4. The summed E-state index contributed by atoms with van der Waals surface area (Å²) in [5.74, 6) is -0.285. The van der Waals surface area contributed by atoms with Gasteiger partial charge in [-0.25, -0.2) is 0 Å². The summed E-state index contributed by atoms with van der Waals surface area (Å²) in [6, 6.07) is 23.1. The molecule has 2 atom stereocenters. The summed E-state index contributed by atoms with van der Waals surface area (Å²) in [5.41, 5.74) is 10.7. The Balaban J connectivity index is 1.75. The van der Waals surface area contributed by atoms with Crippen molar-refractivity contribution in [1.29, 1.82) is 0 Å². The van der Waals surface area contributed by atoms with Gasteiger partial charge in [0.1, 0.15) is 0 Å². The number of nitrogens with zero attached hydrogens (tertiary/aromatic N) is 2. The molecule has 1 aliphatic heterocycles. The summed E-state index contributed by atoms with van der Waals surface area (Å²) in [4.78, 5) is 13.6. The van der Waals surface area contributed by atoms with Gasteiger partial charge in [-0.05, 0) is 66.6 Å². The predicted molar refractivity (Wildman–Crippen MR) is 155 cm³/mol. The number of benzene rings is 3. The summed E-state index contributed by atoms with van der Waals surface area (Å²) in [6.45, 7) is 2.44. The maximum absolute atomic E-state index is 13.6. The smallest absolute Gasteiger partial charge is 0.303 e. The Bertz CT molecular complexity index is 1410. The molecule has 1 aliphatic rings. The number of fused-ring (bicyclic) bond motifs is 4. The highest BCUT2D eigenvalue weighted by Gasteiger charge is 2.25. The van der Waals surface area contributed by atoms with Crippen molar-refractivity contribution in [2.24, 2.45) is 5.73 Å². The lowest BCUT2D eigenvalue weighted by molar-refractivity contribution is 0.0789. The number of anilines is 1. The number of nitrogens with two attached hydrogens (primary N) is 1. The van der Waals surface area contributed by atoms with Gasteiger partial charge in [0.25, 0.3) is 5.91 Å². The van der Waals surface area contributed by atoms with E-state index in [0.29, 0.717) is 36.3 Å². The average molecular weight is 551 g/mol. The molecule has 0 aromatic heterocycles. The summed E-state index contributed by atoms with van der Waals surface area (Å²) >= 11 is 0. The number of ether oxygens (including phenoxy) is 1. The molecule has 39 heavy (non-hydrogen) atoms. The van der Waals surface area contributed by atoms with Crippen LogP contribution < -0.4 is 15.4 Å². The lowest BCUT2D eigenvalue weighted by Gasteiger charge is -2.27. The number of aryl methyl sites for hydroxylation is 1. The molecule has 0 saturated heterocycles. The van der Waals surface area contributed by atoms with E-state index in [1.54, 1.807) is 18.2 Å². The van der Waals surface area contributed by atoms with Crippen LogP contribution in [0.15, 0.2) is 72.8 Å². The van der Waals surface area contributed by atoms with Crippen LogP contribution in [-0.2, 0) is 34.4 Å². The largest absolute Gasteiger partial charge is 0.375 e.